The summed E-state index contributed by atoms with van der Waals surface area (Å²) in [6, 6.07) is 0. The third-order valence-electron chi connectivity index (χ3n) is 2.51. The van der Waals surface area contributed by atoms with Crippen LogP contribution in [0, 0.1) is 0 Å². The van der Waals surface area contributed by atoms with Gasteiger partial charge in [-0.1, -0.05) is 0 Å². The molecule has 0 N–H and O–H groups in total. The highest BCUT2D eigenvalue weighted by Gasteiger charge is 2.16. The summed E-state index contributed by atoms with van der Waals surface area (Å²) in [5, 5.41) is 0. The van der Waals surface area contributed by atoms with Gasteiger partial charge in [0.1, 0.15) is 0 Å². The van der Waals surface area contributed by atoms with Crippen molar-refractivity contribution in [3.8, 4) is 5.88 Å². The van der Waals surface area contributed by atoms with E-state index in [0.717, 1.165) is 0 Å². The van der Waals surface area contributed by atoms with Gasteiger partial charge in [0.2, 0.25) is 5.88 Å². The summed E-state index contributed by atoms with van der Waals surface area (Å²) in [5.41, 5.74) is -0.131. The Balaban J connectivity index is 2.55. The van der Waals surface area contributed by atoms with E-state index in [-0.39, 0.29) is 11.3 Å². The minimum absolute atomic E-state index is 0.126. The molecule has 0 radical (unpaired) electrons. The number of hydrogen-bond acceptors (Lipinski definition) is 6. The van der Waals surface area contributed by atoms with Gasteiger partial charge in [-0.2, -0.15) is 0 Å². The number of esters is 1. The van der Waals surface area contributed by atoms with Crippen molar-refractivity contribution >= 4 is 5.97 Å². The molecule has 0 atom stereocenters. The van der Waals surface area contributed by atoms with E-state index in [9.17, 15) is 4.79 Å². The number of methoxy groups -OCH3 is 2. The van der Waals surface area contributed by atoms with Gasteiger partial charge in [0, 0.05) is 13.5 Å². The zero-order valence-corrected chi connectivity index (χ0v) is 11.1. The van der Waals surface area contributed by atoms with Crippen LogP contribution in [0.2, 0.25) is 0 Å². The van der Waals surface area contributed by atoms with Crippen LogP contribution in [0.15, 0.2) is 12.4 Å². The Morgan fingerprint density at radius 3 is 2.67 bits per heavy atom. The van der Waals surface area contributed by atoms with Crippen LogP contribution in [-0.2, 0) is 9.47 Å². The smallest absolute Gasteiger partial charge is 0.358 e. The second-order valence-electron chi connectivity index (χ2n) is 4.30. The lowest BCUT2D eigenvalue weighted by Crippen LogP contribution is -2.25. The van der Waals surface area contributed by atoms with Gasteiger partial charge in [0.05, 0.1) is 31.7 Å². The summed E-state index contributed by atoms with van der Waals surface area (Å²) < 4.78 is 15.2. The largest absolute Gasteiger partial charge is 0.476 e. The van der Waals surface area contributed by atoms with Crippen molar-refractivity contribution in [2.75, 3.05) is 20.8 Å². The molecule has 18 heavy (non-hydrogen) atoms. The molecule has 6 nitrogen and oxygen atoms in total. The van der Waals surface area contributed by atoms with Gasteiger partial charge < -0.3 is 14.2 Å². The van der Waals surface area contributed by atoms with Crippen LogP contribution in [0.3, 0.4) is 0 Å². The maximum absolute atomic E-state index is 11.2. The summed E-state index contributed by atoms with van der Waals surface area (Å²) in [4.78, 5) is 19.1. The number of aromatic nitrogens is 2. The van der Waals surface area contributed by atoms with Crippen LogP contribution >= 0.6 is 0 Å². The third kappa shape index (κ3) is 4.29. The molecule has 0 spiro atoms. The van der Waals surface area contributed by atoms with Crippen LogP contribution in [0.1, 0.15) is 30.8 Å². The quantitative estimate of drug-likeness (QED) is 0.716. The second-order valence-corrected chi connectivity index (χ2v) is 4.30. The van der Waals surface area contributed by atoms with Gasteiger partial charge >= 0.3 is 5.97 Å². The zero-order chi connectivity index (χ0) is 13.6. The van der Waals surface area contributed by atoms with E-state index >= 15 is 0 Å². The fourth-order valence-electron chi connectivity index (χ4n) is 1.12. The predicted molar refractivity (Wildman–Crippen MR) is 64.6 cm³/mol. The number of nitrogens with zero attached hydrogens (tertiary/aromatic N) is 2. The van der Waals surface area contributed by atoms with Gasteiger partial charge in [0.25, 0.3) is 0 Å². The fourth-order valence-corrected chi connectivity index (χ4v) is 1.12. The maximum atomic E-state index is 11.2. The molecule has 0 aromatic carbocycles. The molecule has 0 saturated heterocycles. The molecule has 0 aliphatic heterocycles. The van der Waals surface area contributed by atoms with Crippen LogP contribution in [0.5, 0.6) is 5.88 Å². The summed E-state index contributed by atoms with van der Waals surface area (Å²) in [7, 11) is 2.94. The SMILES string of the molecule is COC(=O)c1cncc(OCCC(C)(C)OC)n1. The Labute approximate surface area is 106 Å². The molecule has 0 amide bonds. The number of rotatable bonds is 6. The van der Waals surface area contributed by atoms with Crippen LogP contribution in [0.25, 0.3) is 0 Å². The lowest BCUT2D eigenvalue weighted by atomic mass is 10.1. The zero-order valence-electron chi connectivity index (χ0n) is 11.1. The van der Waals surface area contributed by atoms with E-state index in [1.54, 1.807) is 7.11 Å². The molecule has 0 aliphatic rings. The van der Waals surface area contributed by atoms with Crippen molar-refractivity contribution in [1.82, 2.24) is 9.97 Å². The monoisotopic (exact) mass is 254 g/mol. The van der Waals surface area contributed by atoms with E-state index in [4.69, 9.17) is 9.47 Å². The van der Waals surface area contributed by atoms with Gasteiger partial charge in [-0.05, 0) is 13.8 Å². The lowest BCUT2D eigenvalue weighted by Gasteiger charge is -2.22. The summed E-state index contributed by atoms with van der Waals surface area (Å²) in [6.45, 7) is 4.36. The predicted octanol–water partition coefficient (Wildman–Crippen LogP) is 1.46. The van der Waals surface area contributed by atoms with Crippen molar-refractivity contribution in [1.29, 1.82) is 0 Å². The van der Waals surface area contributed by atoms with Crippen LogP contribution < -0.4 is 4.74 Å². The summed E-state index contributed by atoms with van der Waals surface area (Å²) in [6.07, 6.45) is 3.48. The highest BCUT2D eigenvalue weighted by atomic mass is 16.5. The molecule has 0 aliphatic carbocycles. The fraction of sp³-hybridized carbons (Fsp3) is 0.583. The summed E-state index contributed by atoms with van der Waals surface area (Å²) >= 11 is 0. The first-order chi connectivity index (χ1) is 8.48. The van der Waals surface area contributed by atoms with E-state index in [0.29, 0.717) is 18.9 Å². The van der Waals surface area contributed by atoms with Crippen molar-refractivity contribution in [3.63, 3.8) is 0 Å². The number of carbonyl (C=O) groups is 1. The molecule has 0 unspecified atom stereocenters. The molecular formula is C12H18N2O4. The average Bonchev–Trinajstić information content (AvgIpc) is 2.38. The third-order valence-corrected chi connectivity index (χ3v) is 2.51. The minimum atomic E-state index is -0.537. The van der Waals surface area contributed by atoms with Crippen molar-refractivity contribution in [2.24, 2.45) is 0 Å². The van der Waals surface area contributed by atoms with E-state index < -0.39 is 5.97 Å². The number of ether oxygens (including phenoxy) is 3. The molecule has 1 rings (SSSR count). The van der Waals surface area contributed by atoms with Crippen LogP contribution in [-0.4, -0.2) is 42.4 Å². The first-order valence-corrected chi connectivity index (χ1v) is 5.57. The van der Waals surface area contributed by atoms with E-state index in [1.165, 1.54) is 19.5 Å². The molecule has 0 bridgehead atoms. The Kier molecular flexibility index (Phi) is 5.03. The highest BCUT2D eigenvalue weighted by Crippen LogP contribution is 2.14. The minimum Gasteiger partial charge on any atom is -0.476 e. The van der Waals surface area contributed by atoms with Crippen LogP contribution in [0.4, 0.5) is 0 Å². The molecule has 0 fully saturated rings. The number of carbonyl (C=O) groups excluding carboxylic acids is 1. The Morgan fingerprint density at radius 1 is 1.33 bits per heavy atom. The van der Waals surface area contributed by atoms with Crippen molar-refractivity contribution in [2.45, 2.75) is 25.9 Å². The standard InChI is InChI=1S/C12H18N2O4/c1-12(2,17-4)5-6-18-10-8-13-7-9(14-10)11(15)16-3/h7-8H,5-6H2,1-4H3. The van der Waals surface area contributed by atoms with Gasteiger partial charge in [-0.25, -0.2) is 9.78 Å². The van der Waals surface area contributed by atoms with Gasteiger partial charge in [-0.15, -0.1) is 0 Å². The van der Waals surface area contributed by atoms with Crippen molar-refractivity contribution < 1.29 is 19.0 Å². The maximum Gasteiger partial charge on any atom is 0.358 e. The molecule has 6 heteroatoms. The van der Waals surface area contributed by atoms with Gasteiger partial charge in [-0.3, -0.25) is 4.98 Å². The topological polar surface area (TPSA) is 70.5 Å². The first-order valence-electron chi connectivity index (χ1n) is 5.57. The molecule has 1 aromatic heterocycles. The first kappa shape index (κ1) is 14.4. The Hall–Kier alpha value is -1.69. The molecule has 1 aromatic rings. The molecule has 100 valence electrons. The Bertz CT molecular complexity index is 407. The molecule has 1 heterocycles. The normalized spacial score (nSPS) is 11.1. The molecule has 0 saturated carbocycles. The average molecular weight is 254 g/mol. The van der Waals surface area contributed by atoms with Crippen molar-refractivity contribution in [3.05, 3.63) is 18.1 Å². The summed E-state index contributed by atoms with van der Waals surface area (Å²) in [5.74, 6) is -0.241. The van der Waals surface area contributed by atoms with Gasteiger partial charge in [0.15, 0.2) is 5.69 Å². The number of hydrogen-bond donors (Lipinski definition) is 0. The second kappa shape index (κ2) is 6.30. The highest BCUT2D eigenvalue weighted by molar-refractivity contribution is 5.86. The van der Waals surface area contributed by atoms with E-state index in [1.807, 2.05) is 13.8 Å². The lowest BCUT2D eigenvalue weighted by molar-refractivity contribution is 0.00499. The molecular weight excluding hydrogens is 236 g/mol. The van der Waals surface area contributed by atoms with E-state index in [2.05, 4.69) is 14.7 Å². The Morgan fingerprint density at radius 2 is 2.06 bits per heavy atom.